The van der Waals surface area contributed by atoms with Gasteiger partial charge in [-0.25, -0.2) is 9.37 Å². The average molecular weight is 443 g/mol. The first-order valence-electron chi connectivity index (χ1n) is 9.84. The van der Waals surface area contributed by atoms with Gasteiger partial charge in [0.05, 0.1) is 18.4 Å². The van der Waals surface area contributed by atoms with Crippen molar-refractivity contribution >= 4 is 23.0 Å². The van der Waals surface area contributed by atoms with Gasteiger partial charge in [-0.15, -0.1) is 11.3 Å². The molecule has 0 unspecified atom stereocenters. The number of benzene rings is 3. The number of allylic oxidation sites excluding steroid dienone is 1. The molecule has 6 heteroatoms. The summed E-state index contributed by atoms with van der Waals surface area (Å²) < 4.78 is 24.6. The van der Waals surface area contributed by atoms with E-state index >= 15 is 0 Å². The Kier molecular flexibility index (Phi) is 6.59. The standard InChI is InChI=1S/C26H19FN2O2S/c1-30-24-12-7-19(14-25(24)31-16-18-5-3-2-4-6-18)13-21(15-28)26-29-23(17-32-26)20-8-10-22(27)11-9-20/h2-14,17H,16H2,1H3/b21-13-. The van der Waals surface area contributed by atoms with Crippen LogP contribution in [0.1, 0.15) is 16.1 Å². The molecule has 0 aliphatic carbocycles. The third kappa shape index (κ3) is 5.02. The van der Waals surface area contributed by atoms with E-state index in [1.54, 1.807) is 25.3 Å². The zero-order valence-electron chi connectivity index (χ0n) is 17.3. The van der Waals surface area contributed by atoms with E-state index < -0.39 is 0 Å². The fourth-order valence-corrected chi connectivity index (χ4v) is 3.89. The number of thiazole rings is 1. The maximum absolute atomic E-state index is 13.2. The number of rotatable bonds is 7. The Morgan fingerprint density at radius 3 is 2.56 bits per heavy atom. The van der Waals surface area contributed by atoms with Crippen LogP contribution in [0.4, 0.5) is 4.39 Å². The number of nitrogens with zero attached hydrogens (tertiary/aromatic N) is 2. The largest absolute Gasteiger partial charge is 0.493 e. The van der Waals surface area contributed by atoms with Crippen LogP contribution in [-0.2, 0) is 6.61 Å². The summed E-state index contributed by atoms with van der Waals surface area (Å²) in [4.78, 5) is 4.56. The topological polar surface area (TPSA) is 55.1 Å². The van der Waals surface area contributed by atoms with Crippen molar-refractivity contribution in [2.75, 3.05) is 7.11 Å². The van der Waals surface area contributed by atoms with Crippen LogP contribution in [0.15, 0.2) is 78.2 Å². The third-order valence-electron chi connectivity index (χ3n) is 4.73. The highest BCUT2D eigenvalue weighted by Crippen LogP contribution is 2.32. The minimum Gasteiger partial charge on any atom is -0.493 e. The molecule has 4 aromatic rings. The molecule has 1 heterocycles. The van der Waals surface area contributed by atoms with Crippen LogP contribution >= 0.6 is 11.3 Å². The van der Waals surface area contributed by atoms with Crippen molar-refractivity contribution < 1.29 is 13.9 Å². The van der Waals surface area contributed by atoms with Crippen molar-refractivity contribution in [1.82, 2.24) is 4.98 Å². The molecule has 0 saturated carbocycles. The summed E-state index contributed by atoms with van der Waals surface area (Å²) in [7, 11) is 1.59. The summed E-state index contributed by atoms with van der Waals surface area (Å²) in [6.07, 6.45) is 1.77. The first-order valence-corrected chi connectivity index (χ1v) is 10.7. The molecular formula is C26H19FN2O2S. The van der Waals surface area contributed by atoms with Gasteiger partial charge in [0.25, 0.3) is 0 Å². The first kappa shape index (κ1) is 21.3. The van der Waals surface area contributed by atoms with Crippen LogP contribution in [0, 0.1) is 17.1 Å². The van der Waals surface area contributed by atoms with E-state index in [1.807, 2.05) is 53.9 Å². The van der Waals surface area contributed by atoms with E-state index in [2.05, 4.69) is 11.1 Å². The second-order valence-electron chi connectivity index (χ2n) is 6.90. The van der Waals surface area contributed by atoms with Gasteiger partial charge in [0, 0.05) is 10.9 Å². The van der Waals surface area contributed by atoms with Crippen molar-refractivity contribution in [2.45, 2.75) is 6.61 Å². The lowest BCUT2D eigenvalue weighted by Gasteiger charge is -2.11. The van der Waals surface area contributed by atoms with Gasteiger partial charge < -0.3 is 9.47 Å². The highest BCUT2D eigenvalue weighted by molar-refractivity contribution is 7.11. The van der Waals surface area contributed by atoms with E-state index in [4.69, 9.17) is 9.47 Å². The second kappa shape index (κ2) is 9.90. The highest BCUT2D eigenvalue weighted by atomic mass is 32.1. The lowest BCUT2D eigenvalue weighted by molar-refractivity contribution is 0.284. The molecule has 0 aliphatic rings. The maximum Gasteiger partial charge on any atom is 0.162 e. The molecule has 3 aromatic carbocycles. The molecule has 4 rings (SSSR count). The lowest BCUT2D eigenvalue weighted by atomic mass is 10.1. The Bertz CT molecular complexity index is 1280. The summed E-state index contributed by atoms with van der Waals surface area (Å²) >= 11 is 1.37. The fraction of sp³-hybridized carbons (Fsp3) is 0.0769. The van der Waals surface area contributed by atoms with Crippen LogP contribution < -0.4 is 9.47 Å². The molecule has 1 aromatic heterocycles. The number of hydrogen-bond donors (Lipinski definition) is 0. The SMILES string of the molecule is COc1ccc(/C=C(/C#N)c2nc(-c3ccc(F)cc3)cs2)cc1OCc1ccccc1. The molecule has 0 N–H and O–H groups in total. The minimum atomic E-state index is -0.299. The molecule has 0 fully saturated rings. The summed E-state index contributed by atoms with van der Waals surface area (Å²) in [5, 5.41) is 12.2. The summed E-state index contributed by atoms with van der Waals surface area (Å²) in [6.45, 7) is 0.406. The third-order valence-corrected chi connectivity index (χ3v) is 5.61. The fourth-order valence-electron chi connectivity index (χ4n) is 3.09. The summed E-state index contributed by atoms with van der Waals surface area (Å²) in [5.41, 5.74) is 3.77. The van der Waals surface area contributed by atoms with Gasteiger partial charge in [-0.2, -0.15) is 5.26 Å². The quantitative estimate of drug-likeness (QED) is 0.303. The second-order valence-corrected chi connectivity index (χ2v) is 7.76. The van der Waals surface area contributed by atoms with Crippen molar-refractivity contribution in [1.29, 1.82) is 5.26 Å². The van der Waals surface area contributed by atoms with Crippen molar-refractivity contribution in [3.63, 3.8) is 0 Å². The zero-order chi connectivity index (χ0) is 22.3. The Balaban J connectivity index is 1.59. The molecule has 158 valence electrons. The van der Waals surface area contributed by atoms with Crippen LogP contribution in [0.25, 0.3) is 22.9 Å². The Morgan fingerprint density at radius 1 is 1.06 bits per heavy atom. The highest BCUT2D eigenvalue weighted by Gasteiger charge is 2.11. The van der Waals surface area contributed by atoms with Gasteiger partial charge in [0.2, 0.25) is 0 Å². The number of hydrogen-bond acceptors (Lipinski definition) is 5. The van der Waals surface area contributed by atoms with Crippen LogP contribution in [0.5, 0.6) is 11.5 Å². The molecule has 0 radical (unpaired) electrons. The number of nitriles is 1. The zero-order valence-corrected chi connectivity index (χ0v) is 18.1. The molecule has 32 heavy (non-hydrogen) atoms. The monoisotopic (exact) mass is 442 g/mol. The van der Waals surface area contributed by atoms with Crippen molar-refractivity contribution in [2.24, 2.45) is 0 Å². The molecule has 0 atom stereocenters. The van der Waals surface area contributed by atoms with E-state index in [-0.39, 0.29) is 5.82 Å². The van der Waals surface area contributed by atoms with E-state index in [1.165, 1.54) is 23.5 Å². The predicted octanol–water partition coefficient (Wildman–Crippen LogP) is 6.60. The van der Waals surface area contributed by atoms with E-state index in [0.29, 0.717) is 34.4 Å². The molecule has 0 saturated heterocycles. The van der Waals surface area contributed by atoms with Crippen molar-refractivity contribution in [3.05, 3.63) is 100 Å². The van der Waals surface area contributed by atoms with E-state index in [0.717, 1.165) is 16.7 Å². The smallest absolute Gasteiger partial charge is 0.162 e. The van der Waals surface area contributed by atoms with Gasteiger partial charge in [-0.3, -0.25) is 0 Å². The normalized spacial score (nSPS) is 11.1. The molecule has 0 amide bonds. The van der Waals surface area contributed by atoms with E-state index in [9.17, 15) is 9.65 Å². The number of methoxy groups -OCH3 is 1. The maximum atomic E-state index is 13.2. The molecule has 0 spiro atoms. The Labute approximate surface area is 189 Å². The minimum absolute atomic E-state index is 0.299. The number of halogens is 1. The van der Waals surface area contributed by atoms with Gasteiger partial charge in [-0.05, 0) is 53.6 Å². The Morgan fingerprint density at radius 2 is 1.84 bits per heavy atom. The van der Waals surface area contributed by atoms with Gasteiger partial charge in [0.1, 0.15) is 23.5 Å². The van der Waals surface area contributed by atoms with Gasteiger partial charge >= 0.3 is 0 Å². The average Bonchev–Trinajstić information content (AvgIpc) is 3.32. The lowest BCUT2D eigenvalue weighted by Crippen LogP contribution is -1.98. The van der Waals surface area contributed by atoms with Crippen LogP contribution in [0.2, 0.25) is 0 Å². The van der Waals surface area contributed by atoms with Crippen LogP contribution in [-0.4, -0.2) is 12.1 Å². The summed E-state index contributed by atoms with van der Waals surface area (Å²) in [5.74, 6) is 0.907. The Hall–Kier alpha value is -3.95. The van der Waals surface area contributed by atoms with Crippen LogP contribution in [0.3, 0.4) is 0 Å². The number of ether oxygens (including phenoxy) is 2. The molecule has 4 nitrogen and oxygen atoms in total. The van der Waals surface area contributed by atoms with Gasteiger partial charge in [-0.1, -0.05) is 36.4 Å². The summed E-state index contributed by atoms with van der Waals surface area (Å²) in [6, 6.07) is 23.7. The molecule has 0 bridgehead atoms. The van der Waals surface area contributed by atoms with Gasteiger partial charge in [0.15, 0.2) is 11.5 Å². The number of aromatic nitrogens is 1. The van der Waals surface area contributed by atoms with Crippen molar-refractivity contribution in [3.8, 4) is 28.8 Å². The first-order chi connectivity index (χ1) is 15.7. The molecule has 0 aliphatic heterocycles. The molecular weight excluding hydrogens is 423 g/mol. The predicted molar refractivity (Wildman–Crippen MR) is 125 cm³/mol.